The minimum Gasteiger partial charge on any atom is -0.395 e. The Morgan fingerprint density at radius 1 is 1.69 bits per heavy atom. The monoisotopic (exact) mass is 249 g/mol. The number of hydrogen-bond donors (Lipinski definition) is 2. The molecule has 0 aliphatic carbocycles. The van der Waals surface area contributed by atoms with Gasteiger partial charge in [-0.2, -0.15) is 0 Å². The van der Waals surface area contributed by atoms with Crippen LogP contribution in [0.5, 0.6) is 0 Å². The quantitative estimate of drug-likeness (QED) is 0.602. The van der Waals surface area contributed by atoms with Crippen molar-refractivity contribution >= 4 is 24.2 Å². The third-order valence-corrected chi connectivity index (χ3v) is 1.73. The number of halogens is 1. The molecule has 0 aromatic carbocycles. The van der Waals surface area contributed by atoms with Gasteiger partial charge in [-0.15, -0.1) is 12.4 Å². The highest BCUT2D eigenvalue weighted by Gasteiger charge is 2.17. The first-order chi connectivity index (χ1) is 7.04. The highest BCUT2D eigenvalue weighted by Crippen LogP contribution is 2.15. The number of nitro groups is 1. The van der Waals surface area contributed by atoms with Gasteiger partial charge in [0.1, 0.15) is 4.92 Å². The van der Waals surface area contributed by atoms with Crippen molar-refractivity contribution in [2.45, 2.75) is 13.0 Å². The van der Waals surface area contributed by atoms with Crippen molar-refractivity contribution in [2.24, 2.45) is 5.73 Å². The molecule has 0 spiro atoms. The summed E-state index contributed by atoms with van der Waals surface area (Å²) in [6.07, 6.45) is 0. The van der Waals surface area contributed by atoms with Crippen LogP contribution >= 0.6 is 12.4 Å². The average molecular weight is 250 g/mol. The summed E-state index contributed by atoms with van der Waals surface area (Å²) in [5.41, 5.74) is 5.30. The fraction of sp³-hybridized carbons (Fsp3) is 0.375. The number of nitrogens with two attached hydrogens (primary N) is 1. The lowest BCUT2D eigenvalue weighted by molar-refractivity contribution is -0.402. The second-order valence-corrected chi connectivity index (χ2v) is 3.01. The molecule has 0 fully saturated rings. The van der Waals surface area contributed by atoms with Crippen LogP contribution in [0.4, 0.5) is 5.88 Å². The Hall–Kier alpha value is -1.60. The molecular weight excluding hydrogens is 238 g/mol. The molecule has 1 amide bonds. The Bertz CT molecular complexity index is 379. The largest absolute Gasteiger partial charge is 0.433 e. The van der Waals surface area contributed by atoms with E-state index in [1.54, 1.807) is 6.92 Å². The van der Waals surface area contributed by atoms with E-state index in [-0.39, 0.29) is 30.8 Å². The molecule has 7 nitrogen and oxygen atoms in total. The van der Waals surface area contributed by atoms with Crippen LogP contribution in [0.25, 0.3) is 0 Å². The van der Waals surface area contributed by atoms with Crippen molar-refractivity contribution in [1.29, 1.82) is 0 Å². The van der Waals surface area contributed by atoms with E-state index in [0.717, 1.165) is 6.07 Å². The van der Waals surface area contributed by atoms with Crippen LogP contribution in [0.2, 0.25) is 0 Å². The maximum Gasteiger partial charge on any atom is 0.433 e. The summed E-state index contributed by atoms with van der Waals surface area (Å²) in [6, 6.07) is 2.17. The Morgan fingerprint density at radius 2 is 2.31 bits per heavy atom. The number of amides is 1. The normalized spacial score (nSPS) is 11.4. The predicted molar refractivity (Wildman–Crippen MR) is 58.6 cm³/mol. The Balaban J connectivity index is 0.00000225. The summed E-state index contributed by atoms with van der Waals surface area (Å²) < 4.78 is 4.70. The lowest BCUT2D eigenvalue weighted by atomic mass is 10.3. The number of furan rings is 1. The first kappa shape index (κ1) is 14.4. The van der Waals surface area contributed by atoms with Gasteiger partial charge in [0.2, 0.25) is 0 Å². The molecule has 1 aromatic heterocycles. The van der Waals surface area contributed by atoms with Crippen LogP contribution in [-0.2, 0) is 0 Å². The molecule has 1 rings (SSSR count). The zero-order valence-corrected chi connectivity index (χ0v) is 9.32. The van der Waals surface area contributed by atoms with Crippen molar-refractivity contribution in [2.75, 3.05) is 6.54 Å². The van der Waals surface area contributed by atoms with E-state index in [2.05, 4.69) is 5.32 Å². The smallest absolute Gasteiger partial charge is 0.395 e. The molecule has 0 radical (unpaired) electrons. The molecule has 0 aliphatic heterocycles. The van der Waals surface area contributed by atoms with Gasteiger partial charge in [-0.1, -0.05) is 0 Å². The zero-order chi connectivity index (χ0) is 11.4. The molecule has 1 aromatic rings. The van der Waals surface area contributed by atoms with Gasteiger partial charge < -0.3 is 15.5 Å². The fourth-order valence-electron chi connectivity index (χ4n) is 0.902. The maximum absolute atomic E-state index is 11.4. The summed E-state index contributed by atoms with van der Waals surface area (Å²) in [5.74, 6) is -1.07. The van der Waals surface area contributed by atoms with Crippen molar-refractivity contribution in [3.05, 3.63) is 28.0 Å². The predicted octanol–water partition coefficient (Wildman–Crippen LogP) is 0.687. The molecule has 3 N–H and O–H groups in total. The van der Waals surface area contributed by atoms with Crippen LogP contribution in [0.15, 0.2) is 16.5 Å². The van der Waals surface area contributed by atoms with Crippen LogP contribution in [-0.4, -0.2) is 23.4 Å². The van der Waals surface area contributed by atoms with Gasteiger partial charge in [-0.25, -0.2) is 0 Å². The topological polar surface area (TPSA) is 111 Å². The Kier molecular flexibility index (Phi) is 5.48. The highest BCUT2D eigenvalue weighted by atomic mass is 35.5. The number of carbonyl (C=O) groups excluding carboxylic acids is 1. The van der Waals surface area contributed by atoms with Crippen LogP contribution in [0.3, 0.4) is 0 Å². The van der Waals surface area contributed by atoms with Gasteiger partial charge in [0.25, 0.3) is 5.91 Å². The fourth-order valence-corrected chi connectivity index (χ4v) is 0.902. The van der Waals surface area contributed by atoms with Crippen molar-refractivity contribution in [3.63, 3.8) is 0 Å². The number of rotatable bonds is 4. The highest BCUT2D eigenvalue weighted by molar-refractivity contribution is 5.91. The van der Waals surface area contributed by atoms with Gasteiger partial charge in [0.05, 0.1) is 6.07 Å². The Morgan fingerprint density at radius 3 is 2.75 bits per heavy atom. The number of hydrogen-bond acceptors (Lipinski definition) is 5. The lowest BCUT2D eigenvalue weighted by Gasteiger charge is -2.08. The average Bonchev–Trinajstić information content (AvgIpc) is 2.66. The van der Waals surface area contributed by atoms with Gasteiger partial charge in [-0.05, 0) is 13.0 Å². The molecule has 90 valence electrons. The molecule has 1 heterocycles. The maximum atomic E-state index is 11.4. The summed E-state index contributed by atoms with van der Waals surface area (Å²) in [7, 11) is 0. The summed E-state index contributed by atoms with van der Waals surface area (Å²) in [5, 5.41) is 12.8. The number of nitrogens with zero attached hydrogens (tertiary/aromatic N) is 1. The van der Waals surface area contributed by atoms with Crippen LogP contribution < -0.4 is 11.1 Å². The standard InChI is InChI=1S/C8H11N3O4.ClH/c1-5(4-9)10-8(12)6-2-3-7(15-6)11(13)14;/h2-3,5H,4,9H2,1H3,(H,10,12);1H/t5-;/m0./s1. The first-order valence-electron chi connectivity index (χ1n) is 4.29. The third kappa shape index (κ3) is 3.52. The molecule has 0 saturated carbocycles. The van der Waals surface area contributed by atoms with E-state index in [0.29, 0.717) is 0 Å². The van der Waals surface area contributed by atoms with Crippen molar-refractivity contribution in [3.8, 4) is 0 Å². The van der Waals surface area contributed by atoms with Gasteiger partial charge in [-0.3, -0.25) is 14.9 Å². The summed E-state index contributed by atoms with van der Waals surface area (Å²) >= 11 is 0. The van der Waals surface area contributed by atoms with Gasteiger partial charge >= 0.3 is 5.88 Å². The van der Waals surface area contributed by atoms with E-state index >= 15 is 0 Å². The molecule has 0 unspecified atom stereocenters. The second kappa shape index (κ2) is 6.09. The van der Waals surface area contributed by atoms with E-state index in [4.69, 9.17) is 10.2 Å². The van der Waals surface area contributed by atoms with E-state index < -0.39 is 16.7 Å². The molecule has 0 saturated heterocycles. The zero-order valence-electron chi connectivity index (χ0n) is 8.50. The molecule has 1 atom stereocenters. The SMILES string of the molecule is C[C@@H](CN)NC(=O)c1ccc([N+](=O)[O-])o1.Cl. The lowest BCUT2D eigenvalue weighted by Crippen LogP contribution is -2.37. The van der Waals surface area contributed by atoms with E-state index in [1.807, 2.05) is 0 Å². The van der Waals surface area contributed by atoms with Gasteiger partial charge in [0.15, 0.2) is 5.76 Å². The summed E-state index contributed by atoms with van der Waals surface area (Å²) in [6.45, 7) is 2.00. The summed E-state index contributed by atoms with van der Waals surface area (Å²) in [4.78, 5) is 20.9. The molecule has 16 heavy (non-hydrogen) atoms. The van der Waals surface area contributed by atoms with E-state index in [1.165, 1.54) is 6.07 Å². The molecule has 0 bridgehead atoms. The molecular formula is C8H12ClN3O4. The van der Waals surface area contributed by atoms with E-state index in [9.17, 15) is 14.9 Å². The third-order valence-electron chi connectivity index (χ3n) is 1.73. The molecule has 0 aliphatic rings. The van der Waals surface area contributed by atoms with Crippen molar-refractivity contribution < 1.29 is 14.1 Å². The van der Waals surface area contributed by atoms with Crippen LogP contribution in [0.1, 0.15) is 17.5 Å². The van der Waals surface area contributed by atoms with Gasteiger partial charge in [0, 0.05) is 12.6 Å². The first-order valence-corrected chi connectivity index (χ1v) is 4.29. The minimum atomic E-state index is -0.705. The minimum absolute atomic E-state index is 0. The Labute approximate surface area is 97.5 Å². The second-order valence-electron chi connectivity index (χ2n) is 3.01. The van der Waals surface area contributed by atoms with Crippen molar-refractivity contribution in [1.82, 2.24) is 5.32 Å². The number of carbonyl (C=O) groups is 1. The number of nitrogens with one attached hydrogen (secondary N) is 1. The van der Waals surface area contributed by atoms with Crippen LogP contribution in [0, 0.1) is 10.1 Å². The molecule has 8 heteroatoms.